The molecule has 2 heterocycles. The second kappa shape index (κ2) is 5.80. The molecule has 2 N–H and O–H groups in total. The molecule has 0 unspecified atom stereocenters. The number of nitrogens with two attached hydrogens (primary N) is 1. The molecule has 0 saturated carbocycles. The largest absolute Gasteiger partial charge is 0.330 e. The molecule has 0 spiro atoms. The Kier molecular flexibility index (Phi) is 4.12. The van der Waals surface area contributed by atoms with Crippen molar-refractivity contribution in [3.8, 4) is 0 Å². The van der Waals surface area contributed by atoms with Gasteiger partial charge in [0.1, 0.15) is 10.1 Å². The van der Waals surface area contributed by atoms with E-state index < -0.39 is 0 Å². The standard InChI is InChI=1S/C13H15N3S/c1-10-8-11(5-6-14)9-16-13(10)17-12-4-2-3-7-15-12/h2-4,7-9H,5-6,14H2,1H3. The zero-order valence-corrected chi connectivity index (χ0v) is 10.6. The molecule has 0 saturated heterocycles. The monoisotopic (exact) mass is 245 g/mol. The number of hydrogen-bond donors (Lipinski definition) is 1. The fourth-order valence-electron chi connectivity index (χ4n) is 1.54. The lowest BCUT2D eigenvalue weighted by molar-refractivity contribution is 0.934. The van der Waals surface area contributed by atoms with Crippen molar-refractivity contribution >= 4 is 11.8 Å². The van der Waals surface area contributed by atoms with Gasteiger partial charge in [0.15, 0.2) is 0 Å². The Balaban J connectivity index is 2.17. The summed E-state index contributed by atoms with van der Waals surface area (Å²) >= 11 is 1.59. The average molecular weight is 245 g/mol. The van der Waals surface area contributed by atoms with Gasteiger partial charge in [0.2, 0.25) is 0 Å². The highest BCUT2D eigenvalue weighted by molar-refractivity contribution is 7.99. The van der Waals surface area contributed by atoms with Crippen LogP contribution < -0.4 is 5.73 Å². The normalized spacial score (nSPS) is 10.5. The van der Waals surface area contributed by atoms with Gasteiger partial charge in [-0.25, -0.2) is 9.97 Å². The maximum Gasteiger partial charge on any atom is 0.105 e. The van der Waals surface area contributed by atoms with E-state index in [0.717, 1.165) is 16.5 Å². The third-order valence-corrected chi connectivity index (χ3v) is 3.43. The summed E-state index contributed by atoms with van der Waals surface area (Å²) in [6, 6.07) is 8.02. The van der Waals surface area contributed by atoms with Crippen LogP contribution in [0.2, 0.25) is 0 Å². The van der Waals surface area contributed by atoms with Crippen LogP contribution in [-0.2, 0) is 6.42 Å². The second-order valence-electron chi connectivity index (χ2n) is 3.77. The predicted molar refractivity (Wildman–Crippen MR) is 70.1 cm³/mol. The van der Waals surface area contributed by atoms with Crippen LogP contribution >= 0.6 is 11.8 Å². The summed E-state index contributed by atoms with van der Waals surface area (Å²) in [6.07, 6.45) is 4.56. The highest BCUT2D eigenvalue weighted by Gasteiger charge is 2.04. The van der Waals surface area contributed by atoms with Crippen molar-refractivity contribution in [3.63, 3.8) is 0 Å². The molecule has 4 heteroatoms. The minimum Gasteiger partial charge on any atom is -0.330 e. The van der Waals surface area contributed by atoms with Gasteiger partial charge in [-0.1, -0.05) is 12.1 Å². The van der Waals surface area contributed by atoms with Crippen molar-refractivity contribution in [2.24, 2.45) is 5.73 Å². The Morgan fingerprint density at radius 1 is 1.29 bits per heavy atom. The number of nitrogens with zero attached hydrogens (tertiary/aromatic N) is 2. The minimum absolute atomic E-state index is 0.661. The van der Waals surface area contributed by atoms with Crippen LogP contribution in [0.5, 0.6) is 0 Å². The topological polar surface area (TPSA) is 51.8 Å². The van der Waals surface area contributed by atoms with Crippen molar-refractivity contribution in [1.82, 2.24) is 9.97 Å². The molecule has 0 bridgehead atoms. The summed E-state index contributed by atoms with van der Waals surface area (Å²) in [5.41, 5.74) is 7.89. The Hall–Kier alpha value is -1.39. The lowest BCUT2D eigenvalue weighted by Crippen LogP contribution is -2.03. The number of pyridine rings is 2. The average Bonchev–Trinajstić information content (AvgIpc) is 2.34. The van der Waals surface area contributed by atoms with Crippen molar-refractivity contribution in [1.29, 1.82) is 0 Å². The van der Waals surface area contributed by atoms with Crippen molar-refractivity contribution < 1.29 is 0 Å². The van der Waals surface area contributed by atoms with E-state index >= 15 is 0 Å². The fraction of sp³-hybridized carbons (Fsp3) is 0.231. The highest BCUT2D eigenvalue weighted by atomic mass is 32.2. The molecule has 2 aromatic heterocycles. The molecule has 0 aliphatic rings. The molecule has 17 heavy (non-hydrogen) atoms. The van der Waals surface area contributed by atoms with Crippen LogP contribution in [0.3, 0.4) is 0 Å². The molecular formula is C13H15N3S. The lowest BCUT2D eigenvalue weighted by atomic mass is 10.2. The molecule has 2 aromatic rings. The predicted octanol–water partition coefficient (Wildman–Crippen LogP) is 2.44. The fourth-order valence-corrected chi connectivity index (χ4v) is 2.32. The first kappa shape index (κ1) is 12.1. The van der Waals surface area contributed by atoms with Gasteiger partial charge in [-0.15, -0.1) is 0 Å². The first-order valence-corrected chi connectivity index (χ1v) is 6.35. The van der Waals surface area contributed by atoms with Crippen molar-refractivity contribution in [2.45, 2.75) is 23.4 Å². The molecule has 0 radical (unpaired) electrons. The quantitative estimate of drug-likeness (QED) is 0.899. The van der Waals surface area contributed by atoms with E-state index in [1.807, 2.05) is 24.4 Å². The van der Waals surface area contributed by atoms with Gasteiger partial charge in [-0.2, -0.15) is 0 Å². The maximum absolute atomic E-state index is 5.53. The van der Waals surface area contributed by atoms with Gasteiger partial charge < -0.3 is 5.73 Å². The summed E-state index contributed by atoms with van der Waals surface area (Å²) in [6.45, 7) is 2.73. The van der Waals surface area contributed by atoms with Gasteiger partial charge in [0.25, 0.3) is 0 Å². The van der Waals surface area contributed by atoms with Gasteiger partial charge in [0, 0.05) is 12.4 Å². The minimum atomic E-state index is 0.661. The molecule has 3 nitrogen and oxygen atoms in total. The van der Waals surface area contributed by atoms with Gasteiger partial charge in [-0.3, -0.25) is 0 Å². The van der Waals surface area contributed by atoms with Crippen LogP contribution in [0.25, 0.3) is 0 Å². The van der Waals surface area contributed by atoms with E-state index in [4.69, 9.17) is 5.73 Å². The summed E-state index contributed by atoms with van der Waals surface area (Å²) in [5.74, 6) is 0. The Labute approximate surface area is 105 Å². The van der Waals surface area contributed by atoms with Crippen molar-refractivity contribution in [2.75, 3.05) is 6.54 Å². The molecular weight excluding hydrogens is 230 g/mol. The zero-order valence-electron chi connectivity index (χ0n) is 9.76. The summed E-state index contributed by atoms with van der Waals surface area (Å²) in [5, 5.41) is 1.97. The van der Waals surface area contributed by atoms with Crippen LogP contribution in [0.15, 0.2) is 46.7 Å². The number of rotatable bonds is 4. The number of aryl methyl sites for hydroxylation is 1. The number of hydrogen-bond acceptors (Lipinski definition) is 4. The smallest absolute Gasteiger partial charge is 0.105 e. The van der Waals surface area contributed by atoms with Crippen LogP contribution in [0, 0.1) is 6.92 Å². The summed E-state index contributed by atoms with van der Waals surface area (Å²) < 4.78 is 0. The molecule has 0 atom stereocenters. The first-order chi connectivity index (χ1) is 8.29. The van der Waals surface area contributed by atoms with Gasteiger partial charge in [0.05, 0.1) is 0 Å². The Morgan fingerprint density at radius 3 is 2.82 bits per heavy atom. The molecule has 0 aliphatic carbocycles. The van der Waals surface area contributed by atoms with E-state index in [2.05, 4.69) is 23.0 Å². The Morgan fingerprint density at radius 2 is 2.18 bits per heavy atom. The van der Waals surface area contributed by atoms with Gasteiger partial charge >= 0.3 is 0 Å². The van der Waals surface area contributed by atoms with E-state index in [9.17, 15) is 0 Å². The third-order valence-electron chi connectivity index (χ3n) is 2.36. The molecule has 88 valence electrons. The Bertz CT molecular complexity index is 485. The van der Waals surface area contributed by atoms with E-state index in [-0.39, 0.29) is 0 Å². The molecule has 0 amide bonds. The number of aromatic nitrogens is 2. The summed E-state index contributed by atoms with van der Waals surface area (Å²) in [4.78, 5) is 8.74. The maximum atomic E-state index is 5.53. The molecule has 0 aromatic carbocycles. The van der Waals surface area contributed by atoms with Crippen LogP contribution in [0.4, 0.5) is 0 Å². The zero-order chi connectivity index (χ0) is 12.1. The van der Waals surface area contributed by atoms with E-state index in [1.54, 1.807) is 18.0 Å². The van der Waals surface area contributed by atoms with Gasteiger partial charge in [-0.05, 0) is 54.9 Å². The van der Waals surface area contributed by atoms with Crippen molar-refractivity contribution in [3.05, 3.63) is 47.8 Å². The molecule has 0 aliphatic heterocycles. The SMILES string of the molecule is Cc1cc(CCN)cnc1Sc1ccccn1. The third kappa shape index (κ3) is 3.28. The molecule has 0 fully saturated rings. The highest BCUT2D eigenvalue weighted by Crippen LogP contribution is 2.26. The van der Waals surface area contributed by atoms with E-state index in [0.29, 0.717) is 6.54 Å². The van der Waals surface area contributed by atoms with Crippen LogP contribution in [0.1, 0.15) is 11.1 Å². The lowest BCUT2D eigenvalue weighted by Gasteiger charge is -2.06. The second-order valence-corrected chi connectivity index (χ2v) is 4.78. The van der Waals surface area contributed by atoms with E-state index in [1.165, 1.54) is 11.1 Å². The molecule has 2 rings (SSSR count). The summed E-state index contributed by atoms with van der Waals surface area (Å²) in [7, 11) is 0. The first-order valence-electron chi connectivity index (χ1n) is 5.54. The van der Waals surface area contributed by atoms with Crippen LogP contribution in [-0.4, -0.2) is 16.5 Å².